The van der Waals surface area contributed by atoms with Crippen molar-refractivity contribution in [3.63, 3.8) is 0 Å². The van der Waals surface area contributed by atoms with Crippen LogP contribution >= 0.6 is 11.3 Å². The molecule has 1 aliphatic heterocycles. The van der Waals surface area contributed by atoms with E-state index >= 15 is 0 Å². The van der Waals surface area contributed by atoms with E-state index in [1.807, 2.05) is 24.3 Å². The predicted octanol–water partition coefficient (Wildman–Crippen LogP) is 3.11. The summed E-state index contributed by atoms with van der Waals surface area (Å²) in [6, 6.07) is 7.55. The molecule has 146 valence electrons. The van der Waals surface area contributed by atoms with E-state index < -0.39 is 0 Å². The van der Waals surface area contributed by atoms with Crippen LogP contribution in [0.15, 0.2) is 24.3 Å². The maximum absolute atomic E-state index is 12.7. The van der Waals surface area contributed by atoms with Gasteiger partial charge in [-0.3, -0.25) is 19.8 Å². The van der Waals surface area contributed by atoms with Crippen molar-refractivity contribution in [3.05, 3.63) is 34.8 Å². The quantitative estimate of drug-likeness (QED) is 0.687. The molecule has 0 radical (unpaired) electrons. The number of carbonyl (C=O) groups excluding carboxylic acids is 2. The van der Waals surface area contributed by atoms with Gasteiger partial charge in [-0.25, -0.2) is 9.97 Å². The van der Waals surface area contributed by atoms with Crippen molar-refractivity contribution < 1.29 is 14.3 Å². The topological polar surface area (TPSA) is 100 Å². The van der Waals surface area contributed by atoms with Crippen LogP contribution in [0.2, 0.25) is 0 Å². The molecule has 1 aromatic carbocycles. The van der Waals surface area contributed by atoms with Gasteiger partial charge in [0.1, 0.15) is 4.88 Å². The number of imidazole rings is 1. The van der Waals surface area contributed by atoms with E-state index in [0.717, 1.165) is 30.5 Å². The van der Waals surface area contributed by atoms with E-state index in [4.69, 9.17) is 4.74 Å². The summed E-state index contributed by atoms with van der Waals surface area (Å²) in [6.45, 7) is 4.43. The van der Waals surface area contributed by atoms with Crippen molar-refractivity contribution in [2.24, 2.45) is 0 Å². The molecule has 9 heteroatoms. The Morgan fingerprint density at radius 1 is 1.36 bits per heavy atom. The number of nitrogens with zero attached hydrogens (tertiary/aromatic N) is 3. The smallest absolute Gasteiger partial charge is 0.270 e. The van der Waals surface area contributed by atoms with E-state index in [1.54, 1.807) is 11.8 Å². The summed E-state index contributed by atoms with van der Waals surface area (Å²) in [5.74, 6) is -0.0438. The monoisotopic (exact) mass is 399 g/mol. The van der Waals surface area contributed by atoms with Crippen LogP contribution < -0.4 is 10.2 Å². The Morgan fingerprint density at radius 3 is 2.89 bits per heavy atom. The summed E-state index contributed by atoms with van der Waals surface area (Å²) in [4.78, 5) is 38.8. The predicted molar refractivity (Wildman–Crippen MR) is 108 cm³/mol. The first-order valence-corrected chi connectivity index (χ1v) is 9.96. The highest BCUT2D eigenvalue weighted by atomic mass is 32.1. The zero-order valence-corrected chi connectivity index (χ0v) is 16.5. The fraction of sp³-hybridized carbons (Fsp3) is 0.368. The maximum atomic E-state index is 12.7. The van der Waals surface area contributed by atoms with Gasteiger partial charge < -0.3 is 9.72 Å². The van der Waals surface area contributed by atoms with E-state index in [0.29, 0.717) is 28.2 Å². The first kappa shape index (κ1) is 18.6. The number of hydrogen-bond acceptors (Lipinski definition) is 6. The molecule has 2 N–H and O–H groups in total. The lowest BCUT2D eigenvalue weighted by atomic mass is 10.2. The molecule has 3 heterocycles. The maximum Gasteiger partial charge on any atom is 0.270 e. The van der Waals surface area contributed by atoms with Crippen molar-refractivity contribution in [1.29, 1.82) is 0 Å². The number of para-hydroxylation sites is 2. The molecule has 1 atom stereocenters. The summed E-state index contributed by atoms with van der Waals surface area (Å²) in [7, 11) is 0. The molecule has 0 spiro atoms. The molecule has 0 saturated carbocycles. The number of aryl methyl sites for hydroxylation is 1. The van der Waals surface area contributed by atoms with Crippen molar-refractivity contribution >= 4 is 45.3 Å². The zero-order chi connectivity index (χ0) is 19.7. The van der Waals surface area contributed by atoms with Crippen LogP contribution in [0.25, 0.3) is 11.0 Å². The molecule has 0 aliphatic carbocycles. The van der Waals surface area contributed by atoms with Gasteiger partial charge in [-0.05, 0) is 31.9 Å². The second-order valence-corrected chi connectivity index (χ2v) is 7.71. The number of anilines is 2. The number of aromatic nitrogens is 3. The van der Waals surface area contributed by atoms with Gasteiger partial charge in [-0.15, -0.1) is 0 Å². The van der Waals surface area contributed by atoms with Crippen LogP contribution in [-0.4, -0.2) is 46.0 Å². The van der Waals surface area contributed by atoms with Crippen LogP contribution in [-0.2, 0) is 9.53 Å². The normalized spacial score (nSPS) is 16.4. The van der Waals surface area contributed by atoms with Gasteiger partial charge >= 0.3 is 0 Å². The lowest BCUT2D eigenvalue weighted by Gasteiger charge is -2.21. The van der Waals surface area contributed by atoms with Gasteiger partial charge in [0.25, 0.3) is 5.91 Å². The van der Waals surface area contributed by atoms with Gasteiger partial charge in [0.2, 0.25) is 11.9 Å². The molecule has 2 aromatic heterocycles. The van der Waals surface area contributed by atoms with Crippen molar-refractivity contribution in [3.8, 4) is 0 Å². The Hall–Kier alpha value is -2.78. The number of amides is 2. The van der Waals surface area contributed by atoms with E-state index in [9.17, 15) is 9.59 Å². The zero-order valence-electron chi connectivity index (χ0n) is 15.7. The van der Waals surface area contributed by atoms with Gasteiger partial charge in [0.15, 0.2) is 5.13 Å². The first-order chi connectivity index (χ1) is 13.5. The summed E-state index contributed by atoms with van der Waals surface area (Å²) in [5.41, 5.74) is 2.20. The molecule has 1 saturated heterocycles. The number of aromatic amines is 1. The van der Waals surface area contributed by atoms with E-state index in [-0.39, 0.29) is 17.9 Å². The van der Waals surface area contributed by atoms with E-state index in [1.165, 1.54) is 18.3 Å². The number of nitrogens with one attached hydrogen (secondary N) is 2. The SMILES string of the molecule is CC(=O)N(C[C@H]1CCCO1)c1nc(C)c(C(=O)Nc2nc3ccccc3[nH]2)s1. The molecule has 28 heavy (non-hydrogen) atoms. The molecule has 4 rings (SSSR count). The molecule has 1 fully saturated rings. The number of hydrogen-bond donors (Lipinski definition) is 2. The third-order valence-corrected chi connectivity index (χ3v) is 5.81. The minimum absolute atomic E-state index is 0.0148. The fourth-order valence-corrected chi connectivity index (χ4v) is 4.23. The highest BCUT2D eigenvalue weighted by molar-refractivity contribution is 7.17. The van der Waals surface area contributed by atoms with Crippen LogP contribution in [0.5, 0.6) is 0 Å². The lowest BCUT2D eigenvalue weighted by Crippen LogP contribution is -2.35. The number of rotatable bonds is 5. The summed E-state index contributed by atoms with van der Waals surface area (Å²) >= 11 is 1.20. The van der Waals surface area contributed by atoms with Gasteiger partial charge in [0.05, 0.1) is 29.4 Å². The van der Waals surface area contributed by atoms with Crippen LogP contribution in [0.4, 0.5) is 11.1 Å². The number of ether oxygens (including phenoxy) is 1. The fourth-order valence-electron chi connectivity index (χ4n) is 3.22. The molecule has 2 amide bonds. The Labute approximate surface area is 165 Å². The second-order valence-electron chi connectivity index (χ2n) is 6.73. The molecule has 1 aliphatic rings. The van der Waals surface area contributed by atoms with Crippen LogP contribution in [0.3, 0.4) is 0 Å². The Morgan fingerprint density at radius 2 is 2.18 bits per heavy atom. The second kappa shape index (κ2) is 7.69. The third kappa shape index (κ3) is 3.76. The summed E-state index contributed by atoms with van der Waals surface area (Å²) in [5, 5.41) is 3.29. The minimum Gasteiger partial charge on any atom is -0.376 e. The average molecular weight is 399 g/mol. The molecular formula is C19H21N5O3S. The van der Waals surface area contributed by atoms with Crippen LogP contribution in [0, 0.1) is 6.92 Å². The largest absolute Gasteiger partial charge is 0.376 e. The number of H-pyrrole nitrogens is 1. The first-order valence-electron chi connectivity index (χ1n) is 9.14. The van der Waals surface area contributed by atoms with Crippen molar-refractivity contribution in [1.82, 2.24) is 15.0 Å². The van der Waals surface area contributed by atoms with Gasteiger partial charge in [-0.1, -0.05) is 23.5 Å². The highest BCUT2D eigenvalue weighted by Gasteiger charge is 2.26. The number of fused-ring (bicyclic) bond motifs is 1. The number of thiazole rings is 1. The van der Waals surface area contributed by atoms with Crippen LogP contribution in [0.1, 0.15) is 35.1 Å². The van der Waals surface area contributed by atoms with E-state index in [2.05, 4.69) is 20.3 Å². The Kier molecular flexibility index (Phi) is 5.10. The van der Waals surface area contributed by atoms with Gasteiger partial charge in [0, 0.05) is 13.5 Å². The van der Waals surface area contributed by atoms with Gasteiger partial charge in [-0.2, -0.15) is 0 Å². The Balaban J connectivity index is 1.53. The van der Waals surface area contributed by atoms with Crippen molar-refractivity contribution in [2.45, 2.75) is 32.8 Å². The summed E-state index contributed by atoms with van der Waals surface area (Å²) < 4.78 is 5.64. The Bertz CT molecular complexity index is 989. The lowest BCUT2D eigenvalue weighted by molar-refractivity contribution is -0.116. The average Bonchev–Trinajstić information content (AvgIpc) is 3.38. The van der Waals surface area contributed by atoms with Crippen molar-refractivity contribution in [2.75, 3.05) is 23.4 Å². The summed E-state index contributed by atoms with van der Waals surface area (Å²) in [6.07, 6.45) is 1.94. The standard InChI is InChI=1S/C19H21N5O3S/c1-11-16(17(26)23-18-21-14-7-3-4-8-15(14)22-18)28-19(20-11)24(12(2)25)10-13-6-5-9-27-13/h3-4,7-8,13H,5-6,9-10H2,1-2H3,(H2,21,22,23,26)/t13-/m1/s1. The third-order valence-electron chi connectivity index (χ3n) is 4.63. The molecular weight excluding hydrogens is 378 g/mol. The number of carbonyl (C=O) groups is 2. The minimum atomic E-state index is -0.305. The highest BCUT2D eigenvalue weighted by Crippen LogP contribution is 2.28. The molecule has 0 bridgehead atoms. The number of benzene rings is 1. The molecule has 8 nitrogen and oxygen atoms in total. The molecule has 3 aromatic rings. The molecule has 0 unspecified atom stereocenters.